The van der Waals surface area contributed by atoms with E-state index in [1.165, 1.54) is 4.90 Å². The molecule has 1 aromatic rings. The molecule has 4 heteroatoms. The minimum absolute atomic E-state index is 0.345. The van der Waals surface area contributed by atoms with Crippen LogP contribution in [0.2, 0.25) is 0 Å². The van der Waals surface area contributed by atoms with Crippen molar-refractivity contribution >= 4 is 17.4 Å². The van der Waals surface area contributed by atoms with Gasteiger partial charge in [0.2, 0.25) is 0 Å². The van der Waals surface area contributed by atoms with Gasteiger partial charge in [-0.15, -0.1) is 0 Å². The Kier molecular flexibility index (Phi) is 2.19. The first-order chi connectivity index (χ1) is 6.36. The normalized spacial score (nSPS) is 15.1. The van der Waals surface area contributed by atoms with Crippen molar-refractivity contribution in [3.05, 3.63) is 22.4 Å². The Morgan fingerprint density at radius 3 is 3.15 bits per heavy atom. The monoisotopic (exact) mass is 193 g/mol. The molecule has 0 spiro atoms. The van der Waals surface area contributed by atoms with Crippen LogP contribution in [0.1, 0.15) is 5.56 Å². The second-order valence-electron chi connectivity index (χ2n) is 2.51. The average Bonchev–Trinajstić information content (AvgIpc) is 2.72. The first-order valence-corrected chi connectivity index (χ1v) is 4.79. The van der Waals surface area contributed by atoms with Crippen molar-refractivity contribution in [2.24, 2.45) is 0 Å². The van der Waals surface area contributed by atoms with E-state index >= 15 is 0 Å². The van der Waals surface area contributed by atoms with Crippen LogP contribution in [0.25, 0.3) is 0 Å². The second kappa shape index (κ2) is 3.50. The number of hydrogen-bond acceptors (Lipinski definition) is 3. The molecule has 0 unspecified atom stereocenters. The lowest BCUT2D eigenvalue weighted by Gasteiger charge is -1.98. The van der Waals surface area contributed by atoms with Crippen LogP contribution >= 0.6 is 11.3 Å². The lowest BCUT2D eigenvalue weighted by atomic mass is 10.4. The van der Waals surface area contributed by atoms with Crippen molar-refractivity contribution < 1.29 is 9.53 Å². The third-order valence-electron chi connectivity index (χ3n) is 1.62. The fourth-order valence-corrected chi connectivity index (χ4v) is 1.55. The maximum atomic E-state index is 10.9. The summed E-state index contributed by atoms with van der Waals surface area (Å²) in [7, 11) is 0. The molecule has 1 amide bonds. The van der Waals surface area contributed by atoms with E-state index in [1.807, 2.05) is 16.8 Å². The van der Waals surface area contributed by atoms with Crippen LogP contribution in [-0.4, -0.2) is 24.1 Å². The maximum Gasteiger partial charge on any atom is 0.421 e. The largest absolute Gasteiger partial charge is 0.447 e. The predicted octanol–water partition coefficient (Wildman–Crippen LogP) is 1.51. The Hall–Kier alpha value is -1.47. The number of hydrogen-bond donors (Lipinski definition) is 0. The molecule has 3 nitrogen and oxygen atoms in total. The topological polar surface area (TPSA) is 29.5 Å². The zero-order valence-corrected chi connectivity index (χ0v) is 7.63. The highest BCUT2D eigenvalue weighted by Crippen LogP contribution is 2.05. The summed E-state index contributed by atoms with van der Waals surface area (Å²) in [5.41, 5.74) is 0.935. The van der Waals surface area contributed by atoms with Gasteiger partial charge in [-0.05, 0) is 17.4 Å². The molecule has 1 aromatic heterocycles. The molecule has 2 rings (SSSR count). The van der Waals surface area contributed by atoms with Crippen LogP contribution in [0.4, 0.5) is 4.79 Å². The molecule has 1 aliphatic rings. The summed E-state index contributed by atoms with van der Waals surface area (Å²) in [6.07, 6.45) is -0.345. The number of carbonyl (C=O) groups excluding carboxylic acids is 1. The van der Waals surface area contributed by atoms with Gasteiger partial charge in [0.25, 0.3) is 0 Å². The molecule has 1 fully saturated rings. The van der Waals surface area contributed by atoms with E-state index < -0.39 is 0 Å². The lowest BCUT2D eigenvalue weighted by molar-refractivity contribution is 0.167. The second-order valence-corrected chi connectivity index (χ2v) is 3.29. The highest BCUT2D eigenvalue weighted by atomic mass is 32.1. The first-order valence-electron chi connectivity index (χ1n) is 3.84. The van der Waals surface area contributed by atoms with Gasteiger partial charge in [-0.1, -0.05) is 0 Å². The molecule has 1 saturated heterocycles. The lowest BCUT2D eigenvalue weighted by Crippen LogP contribution is -2.17. The highest BCUT2D eigenvalue weighted by molar-refractivity contribution is 7.08. The molecule has 13 heavy (non-hydrogen) atoms. The van der Waals surface area contributed by atoms with Crippen LogP contribution in [0.15, 0.2) is 16.8 Å². The molecule has 2 heterocycles. The number of rotatable bonds is 0. The molecule has 0 saturated carbocycles. The van der Waals surface area contributed by atoms with Gasteiger partial charge in [-0.2, -0.15) is 11.3 Å². The van der Waals surface area contributed by atoms with Gasteiger partial charge in [0.1, 0.15) is 6.61 Å². The Labute approximate surface area is 79.9 Å². The van der Waals surface area contributed by atoms with Crippen LogP contribution in [0, 0.1) is 12.0 Å². The molecule has 0 N–H and O–H groups in total. The number of thiophene rings is 1. The Balaban J connectivity index is 2.08. The van der Waals surface area contributed by atoms with E-state index in [-0.39, 0.29) is 6.09 Å². The zero-order valence-electron chi connectivity index (χ0n) is 6.82. The highest BCUT2D eigenvalue weighted by Gasteiger charge is 2.19. The molecule has 0 aromatic carbocycles. The summed E-state index contributed by atoms with van der Waals surface area (Å²) >= 11 is 1.59. The van der Waals surface area contributed by atoms with E-state index in [0.29, 0.717) is 13.2 Å². The zero-order chi connectivity index (χ0) is 9.10. The summed E-state index contributed by atoms with van der Waals surface area (Å²) < 4.78 is 4.72. The quantitative estimate of drug-likeness (QED) is 0.584. The molecule has 0 aliphatic carbocycles. The summed E-state index contributed by atoms with van der Waals surface area (Å²) in [5.74, 6) is 2.88. The average molecular weight is 193 g/mol. The standard InChI is InChI=1S/C9H7NO2S/c11-9-10(4-5-12-9)3-1-8-2-6-13-7-8/h2,6-7H,4-5H2. The molecule has 66 valence electrons. The third kappa shape index (κ3) is 1.82. The first kappa shape index (κ1) is 8.14. The fraction of sp³-hybridized carbons (Fsp3) is 0.222. The van der Waals surface area contributed by atoms with Gasteiger partial charge in [-0.3, -0.25) is 0 Å². The van der Waals surface area contributed by atoms with E-state index in [1.54, 1.807) is 11.3 Å². The molecule has 0 atom stereocenters. The number of ether oxygens (including phenoxy) is 1. The van der Waals surface area contributed by atoms with Crippen LogP contribution in [0.3, 0.4) is 0 Å². The number of carbonyl (C=O) groups is 1. The fourth-order valence-electron chi connectivity index (χ4n) is 0.963. The van der Waals surface area contributed by atoms with Gasteiger partial charge in [0.15, 0.2) is 0 Å². The van der Waals surface area contributed by atoms with E-state index in [4.69, 9.17) is 4.74 Å². The van der Waals surface area contributed by atoms with Crippen molar-refractivity contribution in [2.45, 2.75) is 0 Å². The summed E-state index contributed by atoms with van der Waals surface area (Å²) in [4.78, 5) is 12.3. The van der Waals surface area contributed by atoms with Gasteiger partial charge < -0.3 is 4.74 Å². The Morgan fingerprint density at radius 1 is 1.62 bits per heavy atom. The molecule has 0 bridgehead atoms. The molecular weight excluding hydrogens is 186 g/mol. The smallest absolute Gasteiger partial charge is 0.421 e. The van der Waals surface area contributed by atoms with E-state index in [2.05, 4.69) is 12.0 Å². The van der Waals surface area contributed by atoms with Gasteiger partial charge in [0.05, 0.1) is 6.54 Å². The summed E-state index contributed by atoms with van der Waals surface area (Å²) in [6, 6.07) is 4.66. The van der Waals surface area contributed by atoms with E-state index in [0.717, 1.165) is 5.56 Å². The van der Waals surface area contributed by atoms with Gasteiger partial charge >= 0.3 is 6.09 Å². The molecular formula is C9H7NO2S. The van der Waals surface area contributed by atoms with Crippen LogP contribution in [-0.2, 0) is 4.74 Å². The predicted molar refractivity (Wildman–Crippen MR) is 49.3 cm³/mol. The van der Waals surface area contributed by atoms with Crippen molar-refractivity contribution in [1.29, 1.82) is 0 Å². The molecule has 0 radical (unpaired) electrons. The van der Waals surface area contributed by atoms with Crippen molar-refractivity contribution in [1.82, 2.24) is 4.90 Å². The van der Waals surface area contributed by atoms with Crippen molar-refractivity contribution in [2.75, 3.05) is 13.2 Å². The number of nitrogens with zero attached hydrogens (tertiary/aromatic N) is 1. The third-order valence-corrected chi connectivity index (χ3v) is 2.30. The maximum absolute atomic E-state index is 10.9. The van der Waals surface area contributed by atoms with Crippen molar-refractivity contribution in [3.8, 4) is 12.0 Å². The summed E-state index contributed by atoms with van der Waals surface area (Å²) in [5, 5.41) is 3.89. The number of amides is 1. The minimum atomic E-state index is -0.345. The minimum Gasteiger partial charge on any atom is -0.447 e. The Morgan fingerprint density at radius 2 is 2.54 bits per heavy atom. The van der Waals surface area contributed by atoms with Crippen LogP contribution in [0.5, 0.6) is 0 Å². The van der Waals surface area contributed by atoms with Gasteiger partial charge in [-0.25, -0.2) is 9.69 Å². The summed E-state index contributed by atoms with van der Waals surface area (Å²) in [6.45, 7) is 1.01. The van der Waals surface area contributed by atoms with E-state index in [9.17, 15) is 4.79 Å². The Bertz CT molecular complexity index is 361. The van der Waals surface area contributed by atoms with Crippen molar-refractivity contribution in [3.63, 3.8) is 0 Å². The molecule has 1 aliphatic heterocycles. The van der Waals surface area contributed by atoms with Crippen LogP contribution < -0.4 is 0 Å². The SMILES string of the molecule is O=C1OCCN1C#Cc1ccsc1. The van der Waals surface area contributed by atoms with Gasteiger partial charge in [0, 0.05) is 17.0 Å². The number of cyclic esters (lactones) is 1.